The van der Waals surface area contributed by atoms with Crippen molar-refractivity contribution < 1.29 is 4.79 Å². The Morgan fingerprint density at radius 1 is 0.889 bits per heavy atom. The van der Waals surface area contributed by atoms with Gasteiger partial charge in [0, 0.05) is 38.4 Å². The molecule has 0 spiro atoms. The number of rotatable bonds is 4. The van der Waals surface area contributed by atoms with Crippen molar-refractivity contribution in [2.75, 3.05) is 36.0 Å². The second kappa shape index (κ2) is 8.33. The zero-order chi connectivity index (χ0) is 18.5. The van der Waals surface area contributed by atoms with E-state index < -0.39 is 0 Å². The van der Waals surface area contributed by atoms with Crippen LogP contribution >= 0.6 is 0 Å². The van der Waals surface area contributed by atoms with E-state index >= 15 is 0 Å². The Labute approximate surface area is 159 Å². The molecule has 0 unspecified atom stereocenters. The average Bonchev–Trinajstić information content (AvgIpc) is 2.75. The van der Waals surface area contributed by atoms with Crippen molar-refractivity contribution in [2.45, 2.75) is 38.1 Å². The second-order valence-corrected chi connectivity index (χ2v) is 7.23. The quantitative estimate of drug-likeness (QED) is 0.895. The first-order chi connectivity index (χ1) is 13.3. The lowest BCUT2D eigenvalue weighted by Crippen LogP contribution is -2.47. The third-order valence-corrected chi connectivity index (χ3v) is 5.39. The Morgan fingerprint density at radius 3 is 2.26 bits per heavy atom. The summed E-state index contributed by atoms with van der Waals surface area (Å²) in [6, 6.07) is 6.26. The number of nitrogens with one attached hydrogen (secondary N) is 1. The smallest absolute Gasteiger partial charge is 0.271 e. The third-order valence-electron chi connectivity index (χ3n) is 5.39. The number of piperazine rings is 1. The van der Waals surface area contributed by atoms with Crippen LogP contribution in [0.2, 0.25) is 0 Å². The number of carbonyl (C=O) groups excluding carboxylic acids is 1. The van der Waals surface area contributed by atoms with E-state index in [1.54, 1.807) is 12.4 Å². The maximum Gasteiger partial charge on any atom is 0.271 e. The summed E-state index contributed by atoms with van der Waals surface area (Å²) in [5.74, 6) is 1.73. The summed E-state index contributed by atoms with van der Waals surface area (Å²) < 4.78 is 0. The Hall–Kier alpha value is -2.70. The minimum Gasteiger partial charge on any atom is -0.353 e. The summed E-state index contributed by atoms with van der Waals surface area (Å²) in [4.78, 5) is 30.1. The molecular formula is C20H26N6O. The van der Waals surface area contributed by atoms with E-state index in [2.05, 4.69) is 30.1 Å². The van der Waals surface area contributed by atoms with Crippen LogP contribution in [-0.2, 0) is 0 Å². The van der Waals surface area contributed by atoms with E-state index in [9.17, 15) is 4.79 Å². The van der Waals surface area contributed by atoms with E-state index in [4.69, 9.17) is 0 Å². The SMILES string of the molecule is O=C(NC1CCCCC1)c1cnc(N2CCN(c3ccccn3)CC2)cn1. The lowest BCUT2D eigenvalue weighted by atomic mass is 9.95. The Morgan fingerprint density at radius 2 is 1.63 bits per heavy atom. The molecule has 0 bridgehead atoms. The highest BCUT2D eigenvalue weighted by Gasteiger charge is 2.21. The van der Waals surface area contributed by atoms with Crippen LogP contribution in [0.15, 0.2) is 36.8 Å². The fourth-order valence-electron chi connectivity index (χ4n) is 3.81. The Bertz CT molecular complexity index is 737. The highest BCUT2D eigenvalue weighted by atomic mass is 16.1. The van der Waals surface area contributed by atoms with Crippen molar-refractivity contribution in [1.82, 2.24) is 20.3 Å². The highest BCUT2D eigenvalue weighted by Crippen LogP contribution is 2.19. The molecule has 0 radical (unpaired) electrons. The third kappa shape index (κ3) is 4.35. The van der Waals surface area contributed by atoms with Gasteiger partial charge in [0.15, 0.2) is 0 Å². The van der Waals surface area contributed by atoms with Gasteiger partial charge in [-0.15, -0.1) is 0 Å². The van der Waals surface area contributed by atoms with Crippen LogP contribution in [0.1, 0.15) is 42.6 Å². The fraction of sp³-hybridized carbons (Fsp3) is 0.500. The molecule has 27 heavy (non-hydrogen) atoms. The summed E-state index contributed by atoms with van der Waals surface area (Å²) >= 11 is 0. The summed E-state index contributed by atoms with van der Waals surface area (Å²) in [5.41, 5.74) is 0.399. The van der Waals surface area contributed by atoms with Gasteiger partial charge in [0.05, 0.1) is 12.4 Å². The average molecular weight is 366 g/mol. The van der Waals surface area contributed by atoms with E-state index in [0.29, 0.717) is 5.69 Å². The first-order valence-corrected chi connectivity index (χ1v) is 9.83. The molecule has 1 saturated carbocycles. The zero-order valence-electron chi connectivity index (χ0n) is 15.5. The maximum atomic E-state index is 12.4. The van der Waals surface area contributed by atoms with Crippen LogP contribution in [0, 0.1) is 0 Å². The van der Waals surface area contributed by atoms with Gasteiger partial charge in [-0.3, -0.25) is 4.79 Å². The van der Waals surface area contributed by atoms with Crippen molar-refractivity contribution in [3.05, 3.63) is 42.5 Å². The molecule has 2 aliphatic rings. The van der Waals surface area contributed by atoms with Crippen LogP contribution < -0.4 is 15.1 Å². The first-order valence-electron chi connectivity index (χ1n) is 9.83. The molecule has 3 heterocycles. The molecule has 1 amide bonds. The molecule has 0 aromatic carbocycles. The summed E-state index contributed by atoms with van der Waals surface area (Å²) in [7, 11) is 0. The summed E-state index contributed by atoms with van der Waals surface area (Å²) in [5, 5.41) is 3.09. The lowest BCUT2D eigenvalue weighted by molar-refractivity contribution is 0.0922. The highest BCUT2D eigenvalue weighted by molar-refractivity contribution is 5.92. The largest absolute Gasteiger partial charge is 0.353 e. The molecule has 2 aromatic rings. The molecule has 2 fully saturated rings. The molecule has 1 N–H and O–H groups in total. The molecule has 2 aromatic heterocycles. The first kappa shape index (κ1) is 17.7. The van der Waals surface area contributed by atoms with E-state index in [-0.39, 0.29) is 11.9 Å². The van der Waals surface area contributed by atoms with Crippen molar-refractivity contribution in [1.29, 1.82) is 0 Å². The molecule has 4 rings (SSSR count). The fourth-order valence-corrected chi connectivity index (χ4v) is 3.81. The molecule has 7 heteroatoms. The number of hydrogen-bond acceptors (Lipinski definition) is 6. The van der Waals surface area contributed by atoms with Crippen molar-refractivity contribution >= 4 is 17.5 Å². The van der Waals surface area contributed by atoms with Gasteiger partial charge in [-0.2, -0.15) is 0 Å². The Kier molecular flexibility index (Phi) is 5.46. The van der Waals surface area contributed by atoms with E-state index in [0.717, 1.165) is 50.7 Å². The number of aromatic nitrogens is 3. The topological polar surface area (TPSA) is 74.2 Å². The standard InChI is InChI=1S/C20H26N6O/c27-20(24-16-6-2-1-3-7-16)17-14-23-19(15-22-17)26-12-10-25(11-13-26)18-8-4-5-9-21-18/h4-5,8-9,14-16H,1-3,6-7,10-13H2,(H,24,27). The van der Waals surface area contributed by atoms with Gasteiger partial charge in [0.2, 0.25) is 0 Å². The molecule has 142 valence electrons. The van der Waals surface area contributed by atoms with Crippen molar-refractivity contribution in [2.24, 2.45) is 0 Å². The van der Waals surface area contributed by atoms with Gasteiger partial charge in [0.25, 0.3) is 5.91 Å². The van der Waals surface area contributed by atoms with Crippen LogP contribution in [0.4, 0.5) is 11.6 Å². The molecule has 1 aliphatic heterocycles. The number of nitrogens with zero attached hydrogens (tertiary/aromatic N) is 5. The van der Waals surface area contributed by atoms with Crippen LogP contribution in [0.25, 0.3) is 0 Å². The predicted octanol–water partition coefficient (Wildman–Crippen LogP) is 2.26. The number of carbonyl (C=O) groups is 1. The van der Waals surface area contributed by atoms with Gasteiger partial charge in [0.1, 0.15) is 17.3 Å². The predicted molar refractivity (Wildman–Crippen MR) is 105 cm³/mol. The minimum atomic E-state index is -0.110. The van der Waals surface area contributed by atoms with E-state index in [1.807, 2.05) is 24.4 Å². The monoisotopic (exact) mass is 366 g/mol. The maximum absolute atomic E-state index is 12.4. The van der Waals surface area contributed by atoms with Gasteiger partial charge < -0.3 is 15.1 Å². The lowest BCUT2D eigenvalue weighted by Gasteiger charge is -2.35. The van der Waals surface area contributed by atoms with Crippen LogP contribution in [0.5, 0.6) is 0 Å². The van der Waals surface area contributed by atoms with Gasteiger partial charge in [-0.25, -0.2) is 15.0 Å². The molecule has 1 aliphatic carbocycles. The van der Waals surface area contributed by atoms with Crippen LogP contribution in [-0.4, -0.2) is 53.1 Å². The molecule has 7 nitrogen and oxygen atoms in total. The second-order valence-electron chi connectivity index (χ2n) is 7.23. The van der Waals surface area contributed by atoms with Crippen molar-refractivity contribution in [3.63, 3.8) is 0 Å². The molecular weight excluding hydrogens is 340 g/mol. The van der Waals surface area contributed by atoms with E-state index in [1.165, 1.54) is 19.3 Å². The number of hydrogen-bond donors (Lipinski definition) is 1. The number of amides is 1. The molecule has 0 atom stereocenters. The minimum absolute atomic E-state index is 0.110. The molecule has 1 saturated heterocycles. The normalized spacial score (nSPS) is 18.4. The van der Waals surface area contributed by atoms with Gasteiger partial charge in [-0.05, 0) is 25.0 Å². The zero-order valence-corrected chi connectivity index (χ0v) is 15.5. The van der Waals surface area contributed by atoms with Gasteiger partial charge >= 0.3 is 0 Å². The summed E-state index contributed by atoms with van der Waals surface area (Å²) in [6.45, 7) is 3.50. The number of pyridine rings is 1. The van der Waals surface area contributed by atoms with Crippen LogP contribution in [0.3, 0.4) is 0 Å². The Balaban J connectivity index is 1.32. The summed E-state index contributed by atoms with van der Waals surface area (Å²) in [6.07, 6.45) is 10.9. The van der Waals surface area contributed by atoms with Crippen molar-refractivity contribution in [3.8, 4) is 0 Å². The number of anilines is 2. The van der Waals surface area contributed by atoms with Gasteiger partial charge in [-0.1, -0.05) is 25.3 Å².